The molecular formula is C18H22ClN3O3S. The second-order valence-corrected chi connectivity index (χ2v) is 7.88. The Bertz CT molecular complexity index is 883. The van der Waals surface area contributed by atoms with Crippen LogP contribution in [0.3, 0.4) is 0 Å². The Morgan fingerprint density at radius 1 is 1.08 bits per heavy atom. The van der Waals surface area contributed by atoms with E-state index in [4.69, 9.17) is 5.73 Å². The van der Waals surface area contributed by atoms with Crippen molar-refractivity contribution in [3.63, 3.8) is 0 Å². The summed E-state index contributed by atoms with van der Waals surface area (Å²) in [4.78, 5) is 11.8. The summed E-state index contributed by atoms with van der Waals surface area (Å²) in [5.74, 6) is -0.0315. The Hall–Kier alpha value is -2.09. The third-order valence-corrected chi connectivity index (χ3v) is 5.66. The summed E-state index contributed by atoms with van der Waals surface area (Å²) in [7, 11) is -3.58. The number of nitrogens with one attached hydrogen (secondary N) is 2. The third-order valence-electron chi connectivity index (χ3n) is 4.20. The molecule has 1 aliphatic heterocycles. The minimum absolute atomic E-state index is 0. The predicted molar refractivity (Wildman–Crippen MR) is 105 cm³/mol. The second-order valence-electron chi connectivity index (χ2n) is 6.11. The van der Waals surface area contributed by atoms with Gasteiger partial charge in [0.1, 0.15) is 0 Å². The number of hydrogen-bond donors (Lipinski definition) is 3. The molecule has 0 spiro atoms. The van der Waals surface area contributed by atoms with Crippen molar-refractivity contribution in [1.29, 1.82) is 0 Å². The summed E-state index contributed by atoms with van der Waals surface area (Å²) < 4.78 is 27.6. The number of nitrogens with two attached hydrogens (primary N) is 1. The van der Waals surface area contributed by atoms with Crippen molar-refractivity contribution in [2.75, 3.05) is 17.6 Å². The smallest absolute Gasteiger partial charge is 0.240 e. The van der Waals surface area contributed by atoms with Gasteiger partial charge in [-0.3, -0.25) is 4.79 Å². The lowest BCUT2D eigenvalue weighted by atomic mass is 10.1. The Kier molecular flexibility index (Phi) is 6.63. The van der Waals surface area contributed by atoms with Crippen molar-refractivity contribution >= 4 is 39.7 Å². The molecule has 4 N–H and O–H groups in total. The molecule has 3 rings (SSSR count). The molecule has 1 aliphatic rings. The van der Waals surface area contributed by atoms with Crippen LogP contribution in [0.1, 0.15) is 24.0 Å². The first kappa shape index (κ1) is 20.2. The van der Waals surface area contributed by atoms with Crippen LogP contribution in [0, 0.1) is 0 Å². The van der Waals surface area contributed by atoms with E-state index in [0.29, 0.717) is 43.6 Å². The number of rotatable bonds is 5. The van der Waals surface area contributed by atoms with E-state index in [1.54, 1.807) is 24.3 Å². The number of anilines is 2. The average molecular weight is 396 g/mol. The average Bonchev–Trinajstić information content (AvgIpc) is 2.76. The summed E-state index contributed by atoms with van der Waals surface area (Å²) in [6.07, 6.45) is 2.44. The van der Waals surface area contributed by atoms with Gasteiger partial charge in [0, 0.05) is 24.3 Å². The lowest BCUT2D eigenvalue weighted by molar-refractivity contribution is -0.116. The van der Waals surface area contributed by atoms with Gasteiger partial charge in [-0.2, -0.15) is 0 Å². The van der Waals surface area contributed by atoms with Gasteiger partial charge in [0.25, 0.3) is 0 Å². The van der Waals surface area contributed by atoms with Crippen LogP contribution in [0.4, 0.5) is 11.4 Å². The molecule has 0 bridgehead atoms. The van der Waals surface area contributed by atoms with Gasteiger partial charge in [-0.15, -0.1) is 12.4 Å². The maximum Gasteiger partial charge on any atom is 0.240 e. The molecule has 0 unspecified atom stereocenters. The number of aryl methyl sites for hydroxylation is 1. The number of nitrogen functional groups attached to an aromatic ring is 1. The largest absolute Gasteiger partial charge is 0.399 e. The van der Waals surface area contributed by atoms with E-state index in [2.05, 4.69) is 10.0 Å². The molecule has 0 saturated heterocycles. The molecule has 0 aromatic heterocycles. The van der Waals surface area contributed by atoms with E-state index in [9.17, 15) is 13.2 Å². The molecule has 2 aromatic rings. The molecule has 2 aromatic carbocycles. The van der Waals surface area contributed by atoms with Gasteiger partial charge in [-0.05, 0) is 60.7 Å². The standard InChI is InChI=1S/C18H21N3O3S.ClH/c19-15-6-4-13(5-7-15)10-11-20-25(23,24)16-8-9-17-14(12-16)2-1-3-18(22)21-17;/h4-9,12,20H,1-3,10-11,19H2,(H,21,22);1H. The number of benzene rings is 2. The Balaban J connectivity index is 0.00000243. The van der Waals surface area contributed by atoms with E-state index >= 15 is 0 Å². The summed E-state index contributed by atoms with van der Waals surface area (Å²) in [6, 6.07) is 12.2. The highest BCUT2D eigenvalue weighted by molar-refractivity contribution is 7.89. The molecule has 0 atom stereocenters. The summed E-state index contributed by atoms with van der Waals surface area (Å²) in [6.45, 7) is 0.306. The van der Waals surface area contributed by atoms with Gasteiger partial charge in [0.05, 0.1) is 4.90 Å². The zero-order valence-corrected chi connectivity index (χ0v) is 15.8. The first-order chi connectivity index (χ1) is 11.9. The Labute approximate surface area is 159 Å². The molecule has 0 saturated carbocycles. The van der Waals surface area contributed by atoms with Gasteiger partial charge in [0.15, 0.2) is 0 Å². The maximum atomic E-state index is 12.5. The molecule has 0 fully saturated rings. The summed E-state index contributed by atoms with van der Waals surface area (Å²) in [5.41, 5.74) is 8.89. The van der Waals surface area contributed by atoms with Crippen LogP contribution in [-0.2, 0) is 27.7 Å². The van der Waals surface area contributed by atoms with E-state index in [0.717, 1.165) is 11.1 Å². The molecule has 6 nitrogen and oxygen atoms in total. The molecule has 140 valence electrons. The number of fused-ring (bicyclic) bond motifs is 1. The number of carbonyl (C=O) groups excluding carboxylic acids is 1. The van der Waals surface area contributed by atoms with Crippen molar-refractivity contribution in [1.82, 2.24) is 4.72 Å². The molecule has 26 heavy (non-hydrogen) atoms. The van der Waals surface area contributed by atoms with Gasteiger partial charge in [0.2, 0.25) is 15.9 Å². The van der Waals surface area contributed by atoms with Crippen molar-refractivity contribution in [3.8, 4) is 0 Å². The molecule has 1 heterocycles. The monoisotopic (exact) mass is 395 g/mol. The molecule has 8 heteroatoms. The fourth-order valence-corrected chi connectivity index (χ4v) is 3.90. The fourth-order valence-electron chi connectivity index (χ4n) is 2.82. The quantitative estimate of drug-likeness (QED) is 0.677. The fraction of sp³-hybridized carbons (Fsp3) is 0.278. The zero-order valence-electron chi connectivity index (χ0n) is 14.2. The molecular weight excluding hydrogens is 374 g/mol. The second kappa shape index (κ2) is 8.53. The first-order valence-electron chi connectivity index (χ1n) is 8.21. The molecule has 0 radical (unpaired) electrons. The van der Waals surface area contributed by atoms with Gasteiger partial charge in [-0.25, -0.2) is 13.1 Å². The van der Waals surface area contributed by atoms with Crippen LogP contribution < -0.4 is 15.8 Å². The van der Waals surface area contributed by atoms with Crippen LogP contribution in [0.2, 0.25) is 0 Å². The highest BCUT2D eigenvalue weighted by atomic mass is 35.5. The van der Waals surface area contributed by atoms with Crippen LogP contribution in [0.15, 0.2) is 47.4 Å². The van der Waals surface area contributed by atoms with Gasteiger partial charge < -0.3 is 11.1 Å². The predicted octanol–water partition coefficient (Wildman–Crippen LogP) is 2.49. The van der Waals surface area contributed by atoms with Crippen LogP contribution in [0.5, 0.6) is 0 Å². The van der Waals surface area contributed by atoms with E-state index < -0.39 is 10.0 Å². The van der Waals surface area contributed by atoms with E-state index in [-0.39, 0.29) is 23.2 Å². The Morgan fingerprint density at radius 2 is 1.81 bits per heavy atom. The summed E-state index contributed by atoms with van der Waals surface area (Å²) >= 11 is 0. The lowest BCUT2D eigenvalue weighted by Gasteiger charge is -2.11. The van der Waals surface area contributed by atoms with Crippen molar-refractivity contribution < 1.29 is 13.2 Å². The maximum absolute atomic E-state index is 12.5. The number of carbonyl (C=O) groups is 1. The van der Waals surface area contributed by atoms with E-state index in [1.165, 1.54) is 6.07 Å². The number of amides is 1. The first-order valence-corrected chi connectivity index (χ1v) is 9.69. The minimum atomic E-state index is -3.58. The number of halogens is 1. The minimum Gasteiger partial charge on any atom is -0.399 e. The third kappa shape index (κ3) is 4.97. The van der Waals surface area contributed by atoms with Gasteiger partial charge >= 0.3 is 0 Å². The van der Waals surface area contributed by atoms with Crippen molar-refractivity contribution in [3.05, 3.63) is 53.6 Å². The zero-order chi connectivity index (χ0) is 17.9. The highest BCUT2D eigenvalue weighted by Crippen LogP contribution is 2.25. The number of hydrogen-bond acceptors (Lipinski definition) is 4. The Morgan fingerprint density at radius 3 is 2.54 bits per heavy atom. The highest BCUT2D eigenvalue weighted by Gasteiger charge is 2.18. The molecule has 1 amide bonds. The van der Waals surface area contributed by atoms with Crippen LogP contribution >= 0.6 is 12.4 Å². The topological polar surface area (TPSA) is 101 Å². The summed E-state index contributed by atoms with van der Waals surface area (Å²) in [5, 5.41) is 2.81. The van der Waals surface area contributed by atoms with Crippen LogP contribution in [0.25, 0.3) is 0 Å². The lowest BCUT2D eigenvalue weighted by Crippen LogP contribution is -2.26. The number of sulfonamides is 1. The molecule has 0 aliphatic carbocycles. The van der Waals surface area contributed by atoms with Crippen LogP contribution in [-0.4, -0.2) is 20.9 Å². The van der Waals surface area contributed by atoms with Crippen molar-refractivity contribution in [2.45, 2.75) is 30.6 Å². The SMILES string of the molecule is Cl.Nc1ccc(CCNS(=O)(=O)c2ccc3c(c2)CCCC(=O)N3)cc1. The van der Waals surface area contributed by atoms with Crippen molar-refractivity contribution in [2.24, 2.45) is 0 Å². The van der Waals surface area contributed by atoms with Gasteiger partial charge in [-0.1, -0.05) is 12.1 Å². The van der Waals surface area contributed by atoms with E-state index in [1.807, 2.05) is 12.1 Å². The normalized spacial score (nSPS) is 13.9.